The van der Waals surface area contributed by atoms with Gasteiger partial charge in [0, 0.05) is 16.7 Å². The van der Waals surface area contributed by atoms with Gasteiger partial charge in [0.15, 0.2) is 0 Å². The highest BCUT2D eigenvalue weighted by atomic mass is 14.9. The Hall–Kier alpha value is -6.64. The number of fused-ring (bicyclic) bond motifs is 7. The molecule has 0 spiro atoms. The third-order valence-corrected chi connectivity index (χ3v) is 10.6. The summed E-state index contributed by atoms with van der Waals surface area (Å²) in [6.45, 7) is 0. The highest BCUT2D eigenvalue weighted by molar-refractivity contribution is 6.22. The van der Waals surface area contributed by atoms with Gasteiger partial charge in [-0.3, -0.25) is 0 Å². The van der Waals surface area contributed by atoms with Crippen LogP contribution in [0.15, 0.2) is 170 Å². The third kappa shape index (κ3) is 3.90. The minimum atomic E-state index is 0.967. The predicted octanol–water partition coefficient (Wildman–Crippen LogP) is 12.9. The molecule has 11 rings (SSSR count). The zero-order chi connectivity index (χ0) is 32.8. The Balaban J connectivity index is 1.14. The van der Waals surface area contributed by atoms with Crippen molar-refractivity contribution >= 4 is 53.9 Å². The number of nitrogens with zero attached hydrogens (tertiary/aromatic N) is 2. The lowest BCUT2D eigenvalue weighted by atomic mass is 9.85. The van der Waals surface area contributed by atoms with Gasteiger partial charge in [-0.05, 0) is 106 Å². The van der Waals surface area contributed by atoms with E-state index in [0.717, 1.165) is 22.5 Å². The molecule has 0 saturated carbocycles. The molecule has 0 fully saturated rings. The Morgan fingerprint density at radius 3 is 1.52 bits per heavy atom. The van der Waals surface area contributed by atoms with E-state index in [9.17, 15) is 0 Å². The molecule has 2 nitrogen and oxygen atoms in total. The molecular formula is C48H28N2. The molecule has 2 heteroatoms. The van der Waals surface area contributed by atoms with E-state index in [0.29, 0.717) is 0 Å². The molecule has 0 bridgehead atoms. The van der Waals surface area contributed by atoms with E-state index in [1.807, 2.05) is 0 Å². The molecular weight excluding hydrogens is 605 g/mol. The second-order valence-electron chi connectivity index (χ2n) is 13.3. The van der Waals surface area contributed by atoms with Crippen LogP contribution < -0.4 is 0 Å². The van der Waals surface area contributed by atoms with Gasteiger partial charge in [-0.1, -0.05) is 140 Å². The Morgan fingerprint density at radius 1 is 0.300 bits per heavy atom. The van der Waals surface area contributed by atoms with E-state index in [1.165, 1.54) is 87.2 Å². The van der Waals surface area contributed by atoms with Gasteiger partial charge >= 0.3 is 0 Å². The van der Waals surface area contributed by atoms with Crippen LogP contribution in [0.25, 0.3) is 110 Å². The van der Waals surface area contributed by atoms with Gasteiger partial charge in [0.05, 0.1) is 11.4 Å². The van der Waals surface area contributed by atoms with Crippen molar-refractivity contribution in [2.75, 3.05) is 0 Å². The zero-order valence-corrected chi connectivity index (χ0v) is 27.1. The number of hydrogen-bond donors (Lipinski definition) is 0. The summed E-state index contributed by atoms with van der Waals surface area (Å²) in [6.07, 6.45) is 1.72. The van der Waals surface area contributed by atoms with Crippen LogP contribution in [0.3, 0.4) is 0 Å². The van der Waals surface area contributed by atoms with E-state index in [1.54, 1.807) is 6.33 Å². The molecule has 0 saturated heterocycles. The lowest BCUT2D eigenvalue weighted by Gasteiger charge is -2.18. The van der Waals surface area contributed by atoms with E-state index >= 15 is 0 Å². The van der Waals surface area contributed by atoms with Crippen molar-refractivity contribution in [3.8, 4) is 55.9 Å². The summed E-state index contributed by atoms with van der Waals surface area (Å²) in [5.74, 6) is 0. The van der Waals surface area contributed by atoms with Crippen LogP contribution in [0.4, 0.5) is 0 Å². The van der Waals surface area contributed by atoms with Gasteiger partial charge < -0.3 is 0 Å². The largest absolute Gasteiger partial charge is 0.236 e. The smallest absolute Gasteiger partial charge is 0.116 e. The molecule has 1 aliphatic rings. The van der Waals surface area contributed by atoms with Gasteiger partial charge in [0.2, 0.25) is 0 Å². The summed E-state index contributed by atoms with van der Waals surface area (Å²) >= 11 is 0. The van der Waals surface area contributed by atoms with Crippen molar-refractivity contribution in [2.24, 2.45) is 0 Å². The van der Waals surface area contributed by atoms with Crippen LogP contribution in [0.1, 0.15) is 0 Å². The average Bonchev–Trinajstić information content (AvgIpc) is 3.51. The monoisotopic (exact) mass is 632 g/mol. The summed E-state index contributed by atoms with van der Waals surface area (Å²) in [6, 6.07) is 59.9. The maximum atomic E-state index is 4.94. The van der Waals surface area contributed by atoms with E-state index in [-0.39, 0.29) is 0 Å². The maximum Gasteiger partial charge on any atom is 0.116 e. The van der Waals surface area contributed by atoms with Crippen LogP contribution in [0, 0.1) is 0 Å². The van der Waals surface area contributed by atoms with Gasteiger partial charge in [0.1, 0.15) is 6.33 Å². The normalized spacial score (nSPS) is 12.0. The van der Waals surface area contributed by atoms with E-state index in [4.69, 9.17) is 9.97 Å². The Morgan fingerprint density at radius 2 is 0.820 bits per heavy atom. The predicted molar refractivity (Wildman–Crippen MR) is 210 cm³/mol. The first-order valence-corrected chi connectivity index (χ1v) is 17.1. The molecule has 230 valence electrons. The number of aromatic nitrogens is 2. The quantitative estimate of drug-likeness (QED) is 0.181. The fraction of sp³-hybridized carbons (Fsp3) is 0. The van der Waals surface area contributed by atoms with Gasteiger partial charge in [0.25, 0.3) is 0 Å². The standard InChI is InChI=1S/C48H28N2/c1-2-11-31-25-36-27-34(23-22-32(36)24-30(31)10-1)45-39-18-5-3-16-37(39)44(38-17-4-6-19-40(38)45)33-14-7-15-35(26-33)47-46-41-20-8-12-29-13-9-21-42(43(29)41)48(46)50-28-49-47/h1-28H. The van der Waals surface area contributed by atoms with Crippen LogP contribution in [-0.4, -0.2) is 9.97 Å². The summed E-state index contributed by atoms with van der Waals surface area (Å²) in [5.41, 5.74) is 11.5. The number of benzene rings is 9. The lowest BCUT2D eigenvalue weighted by Crippen LogP contribution is -1.94. The number of hydrogen-bond acceptors (Lipinski definition) is 2. The molecule has 0 unspecified atom stereocenters. The summed E-state index contributed by atoms with van der Waals surface area (Å²) in [5, 5.41) is 12.5. The summed E-state index contributed by atoms with van der Waals surface area (Å²) in [4.78, 5) is 9.75. The third-order valence-electron chi connectivity index (χ3n) is 10.6. The first-order chi connectivity index (χ1) is 24.8. The Kier molecular flexibility index (Phi) is 5.70. The van der Waals surface area contributed by atoms with E-state index in [2.05, 4.69) is 164 Å². The van der Waals surface area contributed by atoms with Crippen molar-refractivity contribution < 1.29 is 0 Å². The average molecular weight is 633 g/mol. The molecule has 0 amide bonds. The van der Waals surface area contributed by atoms with Crippen molar-refractivity contribution in [1.29, 1.82) is 0 Å². The highest BCUT2D eigenvalue weighted by Gasteiger charge is 2.26. The van der Waals surface area contributed by atoms with Crippen molar-refractivity contribution in [3.05, 3.63) is 170 Å². The van der Waals surface area contributed by atoms with Gasteiger partial charge in [-0.15, -0.1) is 0 Å². The SMILES string of the molecule is c1cc(-c2ncnc3c2-c2cccc4cccc-3c24)cc(-c2c3ccccc3c(-c3ccc4cc5ccccc5cc4c3)c3ccccc23)c1. The summed E-state index contributed by atoms with van der Waals surface area (Å²) < 4.78 is 0. The molecule has 0 N–H and O–H groups in total. The number of rotatable bonds is 3. The van der Waals surface area contributed by atoms with Crippen LogP contribution in [0.2, 0.25) is 0 Å². The van der Waals surface area contributed by atoms with Crippen LogP contribution in [0.5, 0.6) is 0 Å². The minimum Gasteiger partial charge on any atom is -0.236 e. The molecule has 50 heavy (non-hydrogen) atoms. The Bertz CT molecular complexity index is 2980. The molecule has 1 aromatic heterocycles. The molecule has 1 aliphatic carbocycles. The minimum absolute atomic E-state index is 0.967. The summed E-state index contributed by atoms with van der Waals surface area (Å²) in [7, 11) is 0. The highest BCUT2D eigenvalue weighted by Crippen LogP contribution is 2.50. The second kappa shape index (κ2) is 10.4. The fourth-order valence-electron chi connectivity index (χ4n) is 8.48. The first kappa shape index (κ1) is 27.3. The zero-order valence-electron chi connectivity index (χ0n) is 27.1. The molecule has 10 aromatic rings. The van der Waals surface area contributed by atoms with Gasteiger partial charge in [-0.25, -0.2) is 9.97 Å². The lowest BCUT2D eigenvalue weighted by molar-refractivity contribution is 1.19. The van der Waals surface area contributed by atoms with Crippen molar-refractivity contribution in [1.82, 2.24) is 9.97 Å². The molecule has 0 radical (unpaired) electrons. The van der Waals surface area contributed by atoms with E-state index < -0.39 is 0 Å². The maximum absolute atomic E-state index is 4.94. The second-order valence-corrected chi connectivity index (χ2v) is 13.3. The van der Waals surface area contributed by atoms with Crippen LogP contribution >= 0.6 is 0 Å². The van der Waals surface area contributed by atoms with Gasteiger partial charge in [-0.2, -0.15) is 0 Å². The van der Waals surface area contributed by atoms with Crippen molar-refractivity contribution in [2.45, 2.75) is 0 Å². The van der Waals surface area contributed by atoms with Crippen LogP contribution in [-0.2, 0) is 0 Å². The molecule has 0 atom stereocenters. The Labute approximate surface area is 289 Å². The fourth-order valence-corrected chi connectivity index (χ4v) is 8.48. The first-order valence-electron chi connectivity index (χ1n) is 17.1. The molecule has 9 aromatic carbocycles. The molecule has 1 heterocycles. The topological polar surface area (TPSA) is 25.8 Å². The molecule has 0 aliphatic heterocycles. The van der Waals surface area contributed by atoms with Crippen molar-refractivity contribution in [3.63, 3.8) is 0 Å².